The van der Waals surface area contributed by atoms with Crippen LogP contribution in [0.25, 0.3) is 0 Å². The lowest BCUT2D eigenvalue weighted by atomic mass is 9.79. The molecular weight excluding hydrogens is 270 g/mol. The van der Waals surface area contributed by atoms with Gasteiger partial charge in [-0.3, -0.25) is 5.84 Å². The smallest absolute Gasteiger partial charge is 0.0157 e. The number of hydrogen-bond acceptors (Lipinski definition) is 3. The fourth-order valence-electron chi connectivity index (χ4n) is 4.52. The molecule has 130 valence electrons. The van der Waals surface area contributed by atoms with Crippen molar-refractivity contribution < 1.29 is 0 Å². The van der Waals surface area contributed by atoms with E-state index in [2.05, 4.69) is 39.5 Å². The lowest BCUT2D eigenvalue weighted by Crippen LogP contribution is -2.30. The SMILES string of the molecule is CC(C)(C)CC1CCN(CCC(C)(C)CC2CCN(N)C2)C1. The average molecular weight is 310 g/mol. The highest BCUT2D eigenvalue weighted by molar-refractivity contribution is 4.83. The van der Waals surface area contributed by atoms with Gasteiger partial charge < -0.3 is 4.90 Å². The van der Waals surface area contributed by atoms with Crippen LogP contribution in [-0.4, -0.2) is 42.6 Å². The third kappa shape index (κ3) is 6.17. The second kappa shape index (κ2) is 7.19. The van der Waals surface area contributed by atoms with E-state index < -0.39 is 0 Å². The maximum absolute atomic E-state index is 5.91. The van der Waals surface area contributed by atoms with Gasteiger partial charge in [-0.1, -0.05) is 34.6 Å². The zero-order chi connectivity index (χ0) is 16.4. The topological polar surface area (TPSA) is 32.5 Å². The van der Waals surface area contributed by atoms with Crippen molar-refractivity contribution in [2.24, 2.45) is 28.5 Å². The molecule has 0 radical (unpaired) electrons. The maximum atomic E-state index is 5.91. The van der Waals surface area contributed by atoms with Crippen molar-refractivity contribution in [3.05, 3.63) is 0 Å². The molecule has 0 saturated carbocycles. The van der Waals surface area contributed by atoms with Gasteiger partial charge in [0.15, 0.2) is 0 Å². The Bertz CT molecular complexity index is 345. The number of likely N-dealkylation sites (tertiary alicyclic amines) is 1. The molecule has 2 N–H and O–H groups in total. The molecule has 0 aromatic heterocycles. The van der Waals surface area contributed by atoms with Crippen molar-refractivity contribution in [1.82, 2.24) is 9.91 Å². The molecule has 3 heteroatoms. The third-order valence-corrected chi connectivity index (χ3v) is 5.53. The number of nitrogens with two attached hydrogens (primary N) is 1. The molecule has 2 aliphatic rings. The summed E-state index contributed by atoms with van der Waals surface area (Å²) in [5.74, 6) is 7.64. The van der Waals surface area contributed by atoms with Crippen molar-refractivity contribution in [3.63, 3.8) is 0 Å². The van der Waals surface area contributed by atoms with Crippen molar-refractivity contribution >= 4 is 0 Å². The molecular formula is C19H39N3. The van der Waals surface area contributed by atoms with Crippen LogP contribution < -0.4 is 5.84 Å². The average Bonchev–Trinajstić information content (AvgIpc) is 2.94. The Morgan fingerprint density at radius 3 is 2.14 bits per heavy atom. The van der Waals surface area contributed by atoms with Gasteiger partial charge in [0.2, 0.25) is 0 Å². The van der Waals surface area contributed by atoms with E-state index in [9.17, 15) is 0 Å². The molecule has 0 amide bonds. The van der Waals surface area contributed by atoms with Crippen LogP contribution in [0.1, 0.15) is 66.7 Å². The Balaban J connectivity index is 1.69. The molecule has 0 aromatic carbocycles. The van der Waals surface area contributed by atoms with E-state index in [1.165, 1.54) is 51.7 Å². The zero-order valence-electron chi connectivity index (χ0n) is 15.7. The van der Waals surface area contributed by atoms with Crippen molar-refractivity contribution in [3.8, 4) is 0 Å². The van der Waals surface area contributed by atoms with Gasteiger partial charge in [0.25, 0.3) is 0 Å². The van der Waals surface area contributed by atoms with Crippen LogP contribution in [-0.2, 0) is 0 Å². The molecule has 2 aliphatic heterocycles. The molecule has 0 spiro atoms. The molecule has 0 aromatic rings. The molecule has 0 aliphatic carbocycles. The predicted molar refractivity (Wildman–Crippen MR) is 95.5 cm³/mol. The van der Waals surface area contributed by atoms with Gasteiger partial charge in [0.1, 0.15) is 0 Å². The molecule has 2 atom stereocenters. The van der Waals surface area contributed by atoms with Gasteiger partial charge in [0, 0.05) is 19.6 Å². The summed E-state index contributed by atoms with van der Waals surface area (Å²) in [7, 11) is 0. The van der Waals surface area contributed by atoms with Crippen molar-refractivity contribution in [1.29, 1.82) is 0 Å². The highest BCUT2D eigenvalue weighted by Crippen LogP contribution is 2.35. The molecule has 2 rings (SSSR count). The Hall–Kier alpha value is -0.120. The zero-order valence-corrected chi connectivity index (χ0v) is 15.7. The summed E-state index contributed by atoms with van der Waals surface area (Å²) in [6, 6.07) is 0. The molecule has 0 bridgehead atoms. The van der Waals surface area contributed by atoms with Gasteiger partial charge in [-0.2, -0.15) is 0 Å². The molecule has 22 heavy (non-hydrogen) atoms. The normalized spacial score (nSPS) is 28.6. The summed E-state index contributed by atoms with van der Waals surface area (Å²) in [4.78, 5) is 2.71. The van der Waals surface area contributed by atoms with Gasteiger partial charge in [-0.05, 0) is 67.9 Å². The summed E-state index contributed by atoms with van der Waals surface area (Å²) in [6.45, 7) is 18.1. The van der Waals surface area contributed by atoms with Crippen LogP contribution in [0.5, 0.6) is 0 Å². The number of hydrogen-bond donors (Lipinski definition) is 1. The molecule has 2 fully saturated rings. The Morgan fingerprint density at radius 2 is 1.55 bits per heavy atom. The fourth-order valence-corrected chi connectivity index (χ4v) is 4.52. The number of hydrazine groups is 1. The Labute approximate surface area is 138 Å². The number of nitrogens with zero attached hydrogens (tertiary/aromatic N) is 2. The molecule has 2 unspecified atom stereocenters. The van der Waals surface area contributed by atoms with E-state index in [-0.39, 0.29) is 0 Å². The summed E-state index contributed by atoms with van der Waals surface area (Å²) < 4.78 is 0. The quantitative estimate of drug-likeness (QED) is 0.759. The van der Waals surface area contributed by atoms with E-state index in [0.717, 1.165) is 24.9 Å². The first-order valence-electron chi connectivity index (χ1n) is 9.35. The van der Waals surface area contributed by atoms with Gasteiger partial charge >= 0.3 is 0 Å². The van der Waals surface area contributed by atoms with Crippen LogP contribution in [0.2, 0.25) is 0 Å². The minimum Gasteiger partial charge on any atom is -0.303 e. The van der Waals surface area contributed by atoms with Gasteiger partial charge in [0.05, 0.1) is 0 Å². The largest absolute Gasteiger partial charge is 0.303 e. The Morgan fingerprint density at radius 1 is 0.909 bits per heavy atom. The summed E-state index contributed by atoms with van der Waals surface area (Å²) in [5, 5.41) is 2.00. The van der Waals surface area contributed by atoms with Gasteiger partial charge in [-0.15, -0.1) is 0 Å². The highest BCUT2D eigenvalue weighted by atomic mass is 15.4. The molecule has 2 heterocycles. The first-order valence-corrected chi connectivity index (χ1v) is 9.35. The molecule has 2 saturated heterocycles. The standard InChI is InChI=1S/C19H39N3/c1-18(2,3)12-16-6-9-21(14-16)11-8-19(4,5)13-17-7-10-22(20)15-17/h16-17H,6-15,20H2,1-5H3. The van der Waals surface area contributed by atoms with E-state index in [1.54, 1.807) is 0 Å². The predicted octanol–water partition coefficient (Wildman–Crippen LogP) is 3.75. The summed E-state index contributed by atoms with van der Waals surface area (Å²) in [5.41, 5.74) is 0.939. The van der Waals surface area contributed by atoms with E-state index >= 15 is 0 Å². The first kappa shape index (κ1) is 18.2. The second-order valence-electron chi connectivity index (χ2n) is 9.99. The van der Waals surface area contributed by atoms with Crippen LogP contribution in [0.15, 0.2) is 0 Å². The highest BCUT2D eigenvalue weighted by Gasteiger charge is 2.30. The second-order valence-corrected chi connectivity index (χ2v) is 9.99. The lowest BCUT2D eigenvalue weighted by molar-refractivity contribution is 0.197. The number of rotatable bonds is 6. The van der Waals surface area contributed by atoms with E-state index in [4.69, 9.17) is 5.84 Å². The van der Waals surface area contributed by atoms with Crippen molar-refractivity contribution in [2.45, 2.75) is 66.7 Å². The van der Waals surface area contributed by atoms with E-state index in [1.807, 2.05) is 5.01 Å². The first-order chi connectivity index (χ1) is 10.1. The lowest BCUT2D eigenvalue weighted by Gasteiger charge is -2.30. The van der Waals surface area contributed by atoms with Crippen molar-refractivity contribution in [2.75, 3.05) is 32.7 Å². The minimum absolute atomic E-state index is 0.456. The molecule has 3 nitrogen and oxygen atoms in total. The van der Waals surface area contributed by atoms with Crippen LogP contribution >= 0.6 is 0 Å². The van der Waals surface area contributed by atoms with Gasteiger partial charge in [-0.25, -0.2) is 5.01 Å². The van der Waals surface area contributed by atoms with E-state index in [0.29, 0.717) is 10.8 Å². The Kier molecular flexibility index (Phi) is 5.95. The van der Waals surface area contributed by atoms with Crippen LogP contribution in [0.3, 0.4) is 0 Å². The third-order valence-electron chi connectivity index (χ3n) is 5.53. The maximum Gasteiger partial charge on any atom is 0.0157 e. The summed E-state index contributed by atoms with van der Waals surface area (Å²) in [6.07, 6.45) is 6.73. The van der Waals surface area contributed by atoms with Crippen LogP contribution in [0, 0.1) is 22.7 Å². The fraction of sp³-hybridized carbons (Fsp3) is 1.00. The minimum atomic E-state index is 0.456. The van der Waals surface area contributed by atoms with Crippen LogP contribution in [0.4, 0.5) is 0 Å². The summed E-state index contributed by atoms with van der Waals surface area (Å²) >= 11 is 0. The monoisotopic (exact) mass is 309 g/mol.